The summed E-state index contributed by atoms with van der Waals surface area (Å²) < 4.78 is 1.62. The molecule has 0 spiro atoms. The highest BCUT2D eigenvalue weighted by atomic mass is 16.3. The smallest absolute Gasteiger partial charge is 0.272 e. The molecule has 2 amide bonds. The Kier molecular flexibility index (Phi) is 10.8. The van der Waals surface area contributed by atoms with E-state index in [1.807, 2.05) is 54.3 Å². The van der Waals surface area contributed by atoms with Crippen LogP contribution in [0.1, 0.15) is 78.1 Å². The van der Waals surface area contributed by atoms with Gasteiger partial charge in [0.1, 0.15) is 5.69 Å². The molecular weight excluding hydrogens is 504 g/mol. The summed E-state index contributed by atoms with van der Waals surface area (Å²) in [5.41, 5.74) is 2.63. The molecule has 0 saturated carbocycles. The molecule has 3 heterocycles. The number of nitrogens with one attached hydrogen (secondary N) is 2. The van der Waals surface area contributed by atoms with E-state index < -0.39 is 18.1 Å². The van der Waals surface area contributed by atoms with Crippen LogP contribution in [-0.2, 0) is 19.5 Å². The third-order valence-electron chi connectivity index (χ3n) is 7.53. The number of piperidine rings is 1. The van der Waals surface area contributed by atoms with Crippen LogP contribution in [0, 0.1) is 0 Å². The molecule has 0 bridgehead atoms. The summed E-state index contributed by atoms with van der Waals surface area (Å²) in [7, 11) is 0. The van der Waals surface area contributed by atoms with Crippen LogP contribution in [-0.4, -0.2) is 67.9 Å². The van der Waals surface area contributed by atoms with Crippen LogP contribution < -0.4 is 10.6 Å². The number of pyridine rings is 1. The van der Waals surface area contributed by atoms with Gasteiger partial charge in [0, 0.05) is 50.7 Å². The first-order valence-corrected chi connectivity index (χ1v) is 14.5. The molecule has 0 radical (unpaired) electrons. The number of aliphatic hydroxyl groups excluding tert-OH is 1. The second-order valence-electron chi connectivity index (χ2n) is 10.5. The van der Waals surface area contributed by atoms with E-state index in [0.717, 1.165) is 49.8 Å². The number of rotatable bonds is 13. The van der Waals surface area contributed by atoms with Crippen LogP contribution in [0.5, 0.6) is 0 Å². The van der Waals surface area contributed by atoms with Crippen molar-refractivity contribution in [3.8, 4) is 0 Å². The zero-order valence-corrected chi connectivity index (χ0v) is 23.6. The molecule has 214 valence electrons. The number of hydrogen-bond acceptors (Lipinski definition) is 6. The third-order valence-corrected chi connectivity index (χ3v) is 7.53. The summed E-state index contributed by atoms with van der Waals surface area (Å²) in [4.78, 5) is 33.1. The summed E-state index contributed by atoms with van der Waals surface area (Å²) in [5.74, 6) is -0.468. The van der Waals surface area contributed by atoms with Gasteiger partial charge in [-0.1, -0.05) is 49.7 Å². The summed E-state index contributed by atoms with van der Waals surface area (Å²) in [5, 5.41) is 21.9. The lowest BCUT2D eigenvalue weighted by Crippen LogP contribution is -2.48. The Labute approximate surface area is 237 Å². The van der Waals surface area contributed by atoms with E-state index in [-0.39, 0.29) is 24.2 Å². The molecule has 1 saturated heterocycles. The highest BCUT2D eigenvalue weighted by Gasteiger charge is 2.31. The van der Waals surface area contributed by atoms with Gasteiger partial charge in [0.05, 0.1) is 12.1 Å². The summed E-state index contributed by atoms with van der Waals surface area (Å²) in [6.07, 6.45) is 8.25. The van der Waals surface area contributed by atoms with Gasteiger partial charge < -0.3 is 20.6 Å². The Morgan fingerprint density at radius 1 is 1.10 bits per heavy atom. The van der Waals surface area contributed by atoms with Crippen molar-refractivity contribution in [2.75, 3.05) is 13.1 Å². The van der Waals surface area contributed by atoms with Gasteiger partial charge in [-0.25, -0.2) is 0 Å². The number of carbonyl (C=O) groups is 2. The summed E-state index contributed by atoms with van der Waals surface area (Å²) in [6.45, 7) is 6.12. The number of benzene rings is 1. The lowest BCUT2D eigenvalue weighted by atomic mass is 9.98. The Hall–Kier alpha value is -3.56. The van der Waals surface area contributed by atoms with Gasteiger partial charge in [-0.15, -0.1) is 0 Å². The molecule has 1 aliphatic rings. The highest BCUT2D eigenvalue weighted by molar-refractivity contribution is 5.98. The summed E-state index contributed by atoms with van der Waals surface area (Å²) in [6, 6.07) is 14.9. The molecule has 3 atom stereocenters. The van der Waals surface area contributed by atoms with Crippen molar-refractivity contribution in [3.63, 3.8) is 0 Å². The molecule has 9 nitrogen and oxygen atoms in total. The number of carbonyl (C=O) groups excluding carboxylic acids is 2. The van der Waals surface area contributed by atoms with Gasteiger partial charge in [0.25, 0.3) is 11.8 Å². The predicted octanol–water partition coefficient (Wildman–Crippen LogP) is 3.58. The van der Waals surface area contributed by atoms with Crippen molar-refractivity contribution in [2.45, 2.75) is 83.6 Å². The van der Waals surface area contributed by atoms with Gasteiger partial charge >= 0.3 is 0 Å². The maximum Gasteiger partial charge on any atom is 0.272 e. The van der Waals surface area contributed by atoms with Crippen molar-refractivity contribution < 1.29 is 14.7 Å². The molecule has 1 aliphatic heterocycles. The molecule has 3 aromatic rings. The average Bonchev–Trinajstić information content (AvgIpc) is 3.43. The first-order valence-electron chi connectivity index (χ1n) is 14.5. The minimum absolute atomic E-state index is 0.0629. The maximum absolute atomic E-state index is 13.6. The molecule has 1 unspecified atom stereocenters. The molecule has 9 heteroatoms. The van der Waals surface area contributed by atoms with Crippen LogP contribution in [0.4, 0.5) is 0 Å². The quantitative estimate of drug-likeness (QED) is 0.302. The number of aliphatic hydroxyl groups is 1. The fourth-order valence-corrected chi connectivity index (χ4v) is 5.39. The topological polar surface area (TPSA) is 112 Å². The van der Waals surface area contributed by atoms with E-state index in [1.54, 1.807) is 23.1 Å². The lowest BCUT2D eigenvalue weighted by molar-refractivity contribution is 0.0588. The lowest BCUT2D eigenvalue weighted by Gasteiger charge is -2.35. The van der Waals surface area contributed by atoms with E-state index in [1.165, 1.54) is 0 Å². The van der Waals surface area contributed by atoms with Crippen LogP contribution in [0.3, 0.4) is 0 Å². The molecule has 40 heavy (non-hydrogen) atoms. The fraction of sp³-hybridized carbons (Fsp3) is 0.484. The normalized spacial score (nSPS) is 16.9. The molecular formula is C31H42N6O3. The van der Waals surface area contributed by atoms with Crippen molar-refractivity contribution >= 4 is 11.8 Å². The van der Waals surface area contributed by atoms with E-state index in [4.69, 9.17) is 0 Å². The zero-order valence-electron chi connectivity index (χ0n) is 23.6. The van der Waals surface area contributed by atoms with Crippen molar-refractivity contribution in [2.24, 2.45) is 0 Å². The fourth-order valence-electron chi connectivity index (χ4n) is 5.39. The minimum atomic E-state index is -0.849. The van der Waals surface area contributed by atoms with Crippen molar-refractivity contribution in [3.05, 3.63) is 83.4 Å². The van der Waals surface area contributed by atoms with E-state index in [0.29, 0.717) is 25.2 Å². The van der Waals surface area contributed by atoms with Crippen molar-refractivity contribution in [1.82, 2.24) is 30.3 Å². The van der Waals surface area contributed by atoms with Crippen molar-refractivity contribution in [1.29, 1.82) is 0 Å². The second kappa shape index (κ2) is 14.7. The molecule has 4 rings (SSSR count). The number of aryl methyl sites for hydroxylation is 1. The number of aromatic nitrogens is 3. The Balaban J connectivity index is 1.47. The largest absolute Gasteiger partial charge is 0.390 e. The molecule has 0 aliphatic carbocycles. The van der Waals surface area contributed by atoms with Gasteiger partial charge in [-0.05, 0) is 56.2 Å². The number of likely N-dealkylation sites (tertiary alicyclic amines) is 1. The molecule has 1 aromatic carbocycles. The zero-order chi connectivity index (χ0) is 28.3. The first kappa shape index (κ1) is 29.4. The van der Waals surface area contributed by atoms with Crippen LogP contribution in [0.15, 0.2) is 60.9 Å². The second-order valence-corrected chi connectivity index (χ2v) is 10.5. The SMILES string of the molecule is CCCC1CCCCN1C(=O)c1cc(C(=O)N[C@@H](Cc2ccccc2)[C@H](O)CNCc2cccnc2)nn1CC. The van der Waals surface area contributed by atoms with E-state index in [2.05, 4.69) is 27.6 Å². The van der Waals surface area contributed by atoms with Crippen LogP contribution in [0.25, 0.3) is 0 Å². The van der Waals surface area contributed by atoms with Crippen LogP contribution >= 0.6 is 0 Å². The molecule has 1 fully saturated rings. The Morgan fingerprint density at radius 2 is 1.90 bits per heavy atom. The Morgan fingerprint density at radius 3 is 2.62 bits per heavy atom. The predicted molar refractivity (Wildman–Crippen MR) is 155 cm³/mol. The Bertz CT molecular complexity index is 1210. The number of nitrogens with zero attached hydrogens (tertiary/aromatic N) is 4. The first-order chi connectivity index (χ1) is 19.5. The molecule has 2 aromatic heterocycles. The number of amides is 2. The standard InChI is InChI=1S/C31H42N6O3/c1-3-11-25-15-8-9-17-36(25)31(40)28-19-27(35-37(28)4-2)30(39)34-26(18-23-12-6-5-7-13-23)29(38)22-33-21-24-14-10-16-32-20-24/h5-7,10,12-14,16,19-20,25-26,29,33,38H,3-4,8-9,11,15,17-18,21-22H2,1-2H3,(H,34,39)/t25?,26-,29+/m0/s1. The number of hydrogen-bond donors (Lipinski definition) is 3. The van der Waals surface area contributed by atoms with Gasteiger partial charge in [-0.3, -0.25) is 19.3 Å². The monoisotopic (exact) mass is 546 g/mol. The van der Waals surface area contributed by atoms with E-state index >= 15 is 0 Å². The van der Waals surface area contributed by atoms with Gasteiger partial charge in [0.15, 0.2) is 5.69 Å². The highest BCUT2D eigenvalue weighted by Crippen LogP contribution is 2.23. The van der Waals surface area contributed by atoms with Gasteiger partial charge in [-0.2, -0.15) is 5.10 Å². The maximum atomic E-state index is 13.6. The summed E-state index contributed by atoms with van der Waals surface area (Å²) >= 11 is 0. The minimum Gasteiger partial charge on any atom is -0.390 e. The average molecular weight is 547 g/mol. The van der Waals surface area contributed by atoms with Gasteiger partial charge in [0.2, 0.25) is 0 Å². The molecule has 3 N–H and O–H groups in total. The van der Waals surface area contributed by atoms with E-state index in [9.17, 15) is 14.7 Å². The van der Waals surface area contributed by atoms with Crippen LogP contribution in [0.2, 0.25) is 0 Å². The third kappa shape index (κ3) is 7.76.